The predicted octanol–water partition coefficient (Wildman–Crippen LogP) is 5.43. The molecular weight excluding hydrogens is 516 g/mol. The number of aryl methyl sites for hydroxylation is 2. The number of benzene rings is 1. The Bertz CT molecular complexity index is 1600. The van der Waals surface area contributed by atoms with Crippen LogP contribution in [0.15, 0.2) is 35.4 Å². The van der Waals surface area contributed by atoms with Crippen molar-refractivity contribution >= 4 is 44.0 Å². The summed E-state index contributed by atoms with van der Waals surface area (Å²) in [6.45, 7) is 4.27. The van der Waals surface area contributed by atoms with Gasteiger partial charge in [-0.2, -0.15) is 0 Å². The fraction of sp³-hybridized carbons (Fsp3) is 0.360. The number of nitrogens with one attached hydrogen (secondary N) is 3. The number of imidazole rings is 1. The number of fused-ring (bicyclic) bond motifs is 1. The number of alkyl halides is 2. The Kier molecular flexibility index (Phi) is 6.97. The van der Waals surface area contributed by atoms with Crippen LogP contribution in [0.4, 0.5) is 31.8 Å². The predicted molar refractivity (Wildman–Crippen MR) is 139 cm³/mol. The molecule has 200 valence electrons. The van der Waals surface area contributed by atoms with Gasteiger partial charge in [0.15, 0.2) is 21.3 Å². The molecule has 4 heterocycles. The molecule has 1 aromatic carbocycles. The molecular formula is C25H27F2N7O3S. The number of aromatic nitrogens is 5. The summed E-state index contributed by atoms with van der Waals surface area (Å²) >= 11 is 0. The van der Waals surface area contributed by atoms with Crippen molar-refractivity contribution in [2.75, 3.05) is 23.5 Å². The van der Waals surface area contributed by atoms with Gasteiger partial charge in [-0.15, -0.1) is 0 Å². The minimum atomic E-state index is -3.66. The maximum absolute atomic E-state index is 13.5. The van der Waals surface area contributed by atoms with Crippen molar-refractivity contribution in [2.24, 2.45) is 0 Å². The largest absolute Gasteiger partial charge is 0.374 e. The van der Waals surface area contributed by atoms with Gasteiger partial charge < -0.3 is 20.4 Å². The Hall–Kier alpha value is -3.71. The first kappa shape index (κ1) is 25.9. The minimum absolute atomic E-state index is 0.0632. The summed E-state index contributed by atoms with van der Waals surface area (Å²) in [5.74, 6) is 0.134. The third-order valence-corrected chi connectivity index (χ3v) is 7.49. The first-order valence-corrected chi connectivity index (χ1v) is 14.0. The average molecular weight is 544 g/mol. The molecule has 1 aliphatic heterocycles. The Morgan fingerprint density at radius 1 is 1.03 bits per heavy atom. The highest BCUT2D eigenvalue weighted by Crippen LogP contribution is 2.35. The molecule has 0 bridgehead atoms. The van der Waals surface area contributed by atoms with Gasteiger partial charge in [-0.3, -0.25) is 4.98 Å². The van der Waals surface area contributed by atoms with Crippen LogP contribution in [0.2, 0.25) is 0 Å². The number of hydrogen-bond donors (Lipinski definition) is 3. The summed E-state index contributed by atoms with van der Waals surface area (Å²) in [5.41, 5.74) is 3.05. The molecule has 0 unspecified atom stereocenters. The summed E-state index contributed by atoms with van der Waals surface area (Å²) in [7, 11) is -3.66. The Labute approximate surface area is 218 Å². The number of H-pyrrole nitrogens is 1. The Morgan fingerprint density at radius 2 is 1.84 bits per heavy atom. The van der Waals surface area contributed by atoms with Crippen LogP contribution in [-0.2, 0) is 14.6 Å². The van der Waals surface area contributed by atoms with Gasteiger partial charge in [0, 0.05) is 18.9 Å². The van der Waals surface area contributed by atoms with Gasteiger partial charge in [0.1, 0.15) is 17.2 Å². The van der Waals surface area contributed by atoms with Crippen molar-refractivity contribution in [3.05, 3.63) is 53.2 Å². The summed E-state index contributed by atoms with van der Waals surface area (Å²) in [5, 5.41) is 6.12. The van der Waals surface area contributed by atoms with Crippen molar-refractivity contribution in [3.63, 3.8) is 0 Å². The van der Waals surface area contributed by atoms with E-state index in [1.807, 2.05) is 19.9 Å². The van der Waals surface area contributed by atoms with Crippen LogP contribution in [0.1, 0.15) is 54.6 Å². The molecule has 0 amide bonds. The van der Waals surface area contributed by atoms with E-state index in [4.69, 9.17) is 4.74 Å². The molecule has 5 rings (SSSR count). The van der Waals surface area contributed by atoms with Crippen molar-refractivity contribution in [1.29, 1.82) is 0 Å². The lowest BCUT2D eigenvalue weighted by molar-refractivity contribution is 0.0148. The monoisotopic (exact) mass is 543 g/mol. The number of pyridine rings is 1. The van der Waals surface area contributed by atoms with Crippen LogP contribution in [0.3, 0.4) is 0 Å². The first-order chi connectivity index (χ1) is 18.1. The Balaban J connectivity index is 1.57. The standard InChI is InChI=1S/C25H27F2N7O3S/c1-13-14(2)29-21(12-28-13)31-20-11-17(22-24(32-20)34-25(33-22)23(26)27)30-16-8-7-15(10-19(16)38(3,35)36)18-6-4-5-9-37-18/h7-8,10-12,18,23H,4-6,9H2,1-3H3,(H3,29,30,31,32,33,34)/t18-/m1/s1. The van der Waals surface area contributed by atoms with E-state index in [9.17, 15) is 17.2 Å². The molecule has 1 aliphatic rings. The zero-order valence-electron chi connectivity index (χ0n) is 21.0. The lowest BCUT2D eigenvalue weighted by atomic mass is 10.0. The summed E-state index contributed by atoms with van der Waals surface area (Å²) in [6.07, 6.45) is 2.41. The number of nitrogens with zero attached hydrogens (tertiary/aromatic N) is 4. The van der Waals surface area contributed by atoms with Gasteiger partial charge in [-0.1, -0.05) is 6.07 Å². The van der Waals surface area contributed by atoms with Gasteiger partial charge in [0.25, 0.3) is 6.43 Å². The number of sulfone groups is 1. The smallest absolute Gasteiger partial charge is 0.295 e. The second-order valence-electron chi connectivity index (χ2n) is 9.23. The fourth-order valence-electron chi connectivity index (χ4n) is 4.30. The molecule has 1 atom stereocenters. The number of rotatable bonds is 7. The minimum Gasteiger partial charge on any atom is -0.374 e. The molecule has 38 heavy (non-hydrogen) atoms. The van der Waals surface area contributed by atoms with Crippen LogP contribution in [0, 0.1) is 13.8 Å². The van der Waals surface area contributed by atoms with Crippen LogP contribution in [0.25, 0.3) is 11.2 Å². The third-order valence-electron chi connectivity index (χ3n) is 6.35. The lowest BCUT2D eigenvalue weighted by Crippen LogP contribution is -2.13. The molecule has 13 heteroatoms. The molecule has 3 aromatic heterocycles. The van der Waals surface area contributed by atoms with Crippen molar-refractivity contribution in [2.45, 2.75) is 50.5 Å². The van der Waals surface area contributed by atoms with Crippen molar-refractivity contribution < 1.29 is 21.9 Å². The highest BCUT2D eigenvalue weighted by Gasteiger charge is 2.23. The highest BCUT2D eigenvalue weighted by atomic mass is 32.2. The van der Waals surface area contributed by atoms with Crippen LogP contribution in [0.5, 0.6) is 0 Å². The number of halogens is 2. The summed E-state index contributed by atoms with van der Waals surface area (Å²) in [4.78, 5) is 19.7. The van der Waals surface area contributed by atoms with E-state index in [0.29, 0.717) is 12.4 Å². The van der Waals surface area contributed by atoms with Gasteiger partial charge in [0.2, 0.25) is 0 Å². The van der Waals surface area contributed by atoms with Gasteiger partial charge in [-0.05, 0) is 50.8 Å². The molecule has 10 nitrogen and oxygen atoms in total. The van der Waals surface area contributed by atoms with Crippen LogP contribution >= 0.6 is 0 Å². The number of hydrogen-bond acceptors (Lipinski definition) is 9. The topological polar surface area (TPSA) is 135 Å². The quantitative estimate of drug-likeness (QED) is 0.279. The van der Waals surface area contributed by atoms with Gasteiger partial charge in [0.05, 0.1) is 40.0 Å². The third kappa shape index (κ3) is 5.43. The van der Waals surface area contributed by atoms with E-state index in [0.717, 1.165) is 42.5 Å². The average Bonchev–Trinajstić information content (AvgIpc) is 3.31. The molecule has 0 radical (unpaired) electrons. The first-order valence-electron chi connectivity index (χ1n) is 12.1. The zero-order valence-corrected chi connectivity index (χ0v) is 21.9. The van der Waals surface area contributed by atoms with Crippen LogP contribution in [-0.4, -0.2) is 46.2 Å². The van der Waals surface area contributed by atoms with Crippen molar-refractivity contribution in [3.8, 4) is 0 Å². The summed E-state index contributed by atoms with van der Waals surface area (Å²) in [6, 6.07) is 6.62. The highest BCUT2D eigenvalue weighted by molar-refractivity contribution is 7.90. The SMILES string of the molecule is Cc1ncc(Nc2cc(Nc3ccc([C@H]4CCCCO4)cc3S(C)(=O)=O)c3nc(C(F)F)[nH]c3n2)nc1C. The van der Waals surface area contributed by atoms with E-state index >= 15 is 0 Å². The molecule has 0 spiro atoms. The molecule has 0 saturated carbocycles. The maximum atomic E-state index is 13.5. The number of aromatic amines is 1. The van der Waals surface area contributed by atoms with E-state index < -0.39 is 22.1 Å². The fourth-order valence-corrected chi connectivity index (χ4v) is 5.17. The van der Waals surface area contributed by atoms with E-state index in [1.54, 1.807) is 18.2 Å². The van der Waals surface area contributed by atoms with E-state index in [-0.39, 0.29) is 39.4 Å². The Morgan fingerprint density at radius 3 is 2.53 bits per heavy atom. The molecule has 1 fully saturated rings. The second kappa shape index (κ2) is 10.2. The van der Waals surface area contributed by atoms with E-state index in [2.05, 4.69) is 35.6 Å². The molecule has 3 N–H and O–H groups in total. The maximum Gasteiger partial charge on any atom is 0.295 e. The zero-order chi connectivity index (χ0) is 27.0. The molecule has 1 saturated heterocycles. The van der Waals surface area contributed by atoms with Gasteiger partial charge in [-0.25, -0.2) is 32.2 Å². The lowest BCUT2D eigenvalue weighted by Gasteiger charge is -2.24. The second-order valence-corrected chi connectivity index (χ2v) is 11.2. The van der Waals surface area contributed by atoms with Crippen molar-refractivity contribution in [1.82, 2.24) is 24.9 Å². The molecule has 0 aliphatic carbocycles. The normalized spacial score (nSPS) is 16.2. The van der Waals surface area contributed by atoms with Crippen LogP contribution < -0.4 is 10.6 Å². The van der Waals surface area contributed by atoms with Gasteiger partial charge >= 0.3 is 0 Å². The number of ether oxygens (including phenoxy) is 1. The number of anilines is 4. The van der Waals surface area contributed by atoms with E-state index in [1.165, 1.54) is 6.20 Å². The molecule has 4 aromatic rings. The summed E-state index contributed by atoms with van der Waals surface area (Å²) < 4.78 is 58.3.